The second-order valence-electron chi connectivity index (χ2n) is 4.95. The molecule has 1 atom stereocenters. The zero-order chi connectivity index (χ0) is 12.2. The quantitative estimate of drug-likeness (QED) is 0.848. The summed E-state index contributed by atoms with van der Waals surface area (Å²) in [7, 11) is 0. The second-order valence-corrected chi connectivity index (χ2v) is 5.73. The molecule has 16 heavy (non-hydrogen) atoms. The van der Waals surface area contributed by atoms with Crippen LogP contribution in [0.1, 0.15) is 39.3 Å². The average Bonchev–Trinajstić information content (AvgIpc) is 2.66. The Bertz CT molecular complexity index is 327. The van der Waals surface area contributed by atoms with Crippen LogP contribution in [0.5, 0.6) is 0 Å². The third-order valence-electron chi connectivity index (χ3n) is 2.20. The van der Waals surface area contributed by atoms with E-state index in [-0.39, 0.29) is 17.5 Å². The largest absolute Gasteiger partial charge is 0.348 e. The molecule has 1 heterocycles. The first kappa shape index (κ1) is 13.2. The van der Waals surface area contributed by atoms with Gasteiger partial charge in [-0.3, -0.25) is 4.79 Å². The van der Waals surface area contributed by atoms with Gasteiger partial charge in [0.1, 0.15) is 0 Å². The predicted molar refractivity (Wildman–Crippen MR) is 68.6 cm³/mol. The lowest BCUT2D eigenvalue weighted by Gasteiger charge is -2.21. The summed E-state index contributed by atoms with van der Waals surface area (Å²) in [4.78, 5) is 11.6. The minimum atomic E-state index is -0.0248. The number of carbonyl (C=O) groups is 1. The van der Waals surface area contributed by atoms with Gasteiger partial charge in [-0.15, -0.1) is 0 Å². The molecular weight excluding hydrogens is 220 g/mol. The highest BCUT2D eigenvalue weighted by Gasteiger charge is 2.13. The zero-order valence-electron chi connectivity index (χ0n) is 10.3. The Morgan fingerprint density at radius 2 is 2.19 bits per heavy atom. The number of amides is 1. The van der Waals surface area contributed by atoms with E-state index in [0.29, 0.717) is 6.54 Å². The minimum absolute atomic E-state index is 0.0248. The van der Waals surface area contributed by atoms with Gasteiger partial charge in [-0.1, -0.05) is 0 Å². The Balaban J connectivity index is 2.35. The van der Waals surface area contributed by atoms with Crippen molar-refractivity contribution in [2.45, 2.75) is 39.3 Å². The molecular formula is C12H20N2OS. The molecule has 0 saturated carbocycles. The Hall–Kier alpha value is -0.870. The van der Waals surface area contributed by atoms with Crippen LogP contribution in [0.2, 0.25) is 0 Å². The van der Waals surface area contributed by atoms with E-state index < -0.39 is 0 Å². The summed E-state index contributed by atoms with van der Waals surface area (Å²) in [5.74, 6) is 0.0358. The Morgan fingerprint density at radius 1 is 1.50 bits per heavy atom. The monoisotopic (exact) mass is 240 g/mol. The molecule has 1 aromatic rings. The molecule has 0 spiro atoms. The molecule has 1 unspecified atom stereocenters. The normalized spacial score (nSPS) is 13.5. The van der Waals surface area contributed by atoms with Crippen LogP contribution in [0.4, 0.5) is 0 Å². The van der Waals surface area contributed by atoms with Crippen molar-refractivity contribution in [1.29, 1.82) is 0 Å². The van der Waals surface area contributed by atoms with Crippen molar-refractivity contribution in [2.75, 3.05) is 6.54 Å². The van der Waals surface area contributed by atoms with Crippen LogP contribution in [-0.2, 0) is 4.79 Å². The molecule has 0 saturated heterocycles. The Kier molecular flexibility index (Phi) is 4.50. The number of nitrogens with one attached hydrogen (secondary N) is 2. The molecule has 0 fully saturated rings. The van der Waals surface area contributed by atoms with E-state index in [2.05, 4.69) is 16.0 Å². The molecule has 2 N–H and O–H groups in total. The molecule has 0 aliphatic carbocycles. The standard InChI is InChI=1S/C12H20N2OS/c1-9(10-5-6-16-8-10)14-11(15)7-13-12(2,3)4/h5-6,8-9,13H,7H2,1-4H3,(H,14,15). The van der Waals surface area contributed by atoms with Crippen LogP contribution in [0.25, 0.3) is 0 Å². The van der Waals surface area contributed by atoms with Crippen LogP contribution in [0, 0.1) is 0 Å². The minimum Gasteiger partial charge on any atom is -0.348 e. The number of hydrogen-bond acceptors (Lipinski definition) is 3. The van der Waals surface area contributed by atoms with Crippen LogP contribution >= 0.6 is 11.3 Å². The summed E-state index contributed by atoms with van der Waals surface area (Å²) in [6.45, 7) is 8.49. The Labute approximate surface area is 101 Å². The highest BCUT2D eigenvalue weighted by molar-refractivity contribution is 7.07. The maximum Gasteiger partial charge on any atom is 0.234 e. The van der Waals surface area contributed by atoms with Crippen LogP contribution in [0.3, 0.4) is 0 Å². The highest BCUT2D eigenvalue weighted by Crippen LogP contribution is 2.15. The topological polar surface area (TPSA) is 41.1 Å². The molecule has 1 aromatic heterocycles. The first-order valence-electron chi connectivity index (χ1n) is 5.45. The van der Waals surface area contributed by atoms with E-state index >= 15 is 0 Å². The van der Waals surface area contributed by atoms with Gasteiger partial charge in [-0.2, -0.15) is 11.3 Å². The summed E-state index contributed by atoms with van der Waals surface area (Å²) >= 11 is 1.65. The third kappa shape index (κ3) is 4.77. The molecule has 0 aliphatic rings. The first-order valence-corrected chi connectivity index (χ1v) is 6.39. The SMILES string of the molecule is CC(NC(=O)CNC(C)(C)C)c1ccsc1. The van der Waals surface area contributed by atoms with Crippen molar-refractivity contribution in [1.82, 2.24) is 10.6 Å². The Morgan fingerprint density at radius 3 is 2.69 bits per heavy atom. The fraction of sp³-hybridized carbons (Fsp3) is 0.583. The van der Waals surface area contributed by atoms with Crippen LogP contribution < -0.4 is 10.6 Å². The molecule has 1 amide bonds. The van der Waals surface area contributed by atoms with Gasteiger partial charge in [0.25, 0.3) is 0 Å². The number of hydrogen-bond donors (Lipinski definition) is 2. The lowest BCUT2D eigenvalue weighted by atomic mass is 10.1. The van der Waals surface area contributed by atoms with E-state index in [4.69, 9.17) is 0 Å². The second kappa shape index (κ2) is 5.46. The molecule has 4 heteroatoms. The lowest BCUT2D eigenvalue weighted by Crippen LogP contribution is -2.43. The van der Waals surface area contributed by atoms with Crippen molar-refractivity contribution in [3.63, 3.8) is 0 Å². The van der Waals surface area contributed by atoms with Crippen molar-refractivity contribution >= 4 is 17.2 Å². The number of carbonyl (C=O) groups excluding carboxylic acids is 1. The average molecular weight is 240 g/mol. The highest BCUT2D eigenvalue weighted by atomic mass is 32.1. The maximum atomic E-state index is 11.6. The number of thiophene rings is 1. The van der Waals surface area contributed by atoms with Gasteiger partial charge in [0.2, 0.25) is 5.91 Å². The van der Waals surface area contributed by atoms with Gasteiger partial charge < -0.3 is 10.6 Å². The van der Waals surface area contributed by atoms with E-state index in [1.165, 1.54) is 0 Å². The van der Waals surface area contributed by atoms with Gasteiger partial charge in [0, 0.05) is 5.54 Å². The van der Waals surface area contributed by atoms with Gasteiger partial charge in [-0.25, -0.2) is 0 Å². The lowest BCUT2D eigenvalue weighted by molar-refractivity contribution is -0.121. The van der Waals surface area contributed by atoms with Gasteiger partial charge in [0.05, 0.1) is 12.6 Å². The van der Waals surface area contributed by atoms with E-state index in [1.807, 2.05) is 39.1 Å². The molecule has 0 bridgehead atoms. The van der Waals surface area contributed by atoms with Gasteiger partial charge in [-0.05, 0) is 50.1 Å². The van der Waals surface area contributed by atoms with E-state index in [9.17, 15) is 4.79 Å². The molecule has 3 nitrogen and oxygen atoms in total. The molecule has 0 radical (unpaired) electrons. The smallest absolute Gasteiger partial charge is 0.234 e. The summed E-state index contributed by atoms with van der Waals surface area (Å²) in [6.07, 6.45) is 0. The van der Waals surface area contributed by atoms with Crippen molar-refractivity contribution in [3.05, 3.63) is 22.4 Å². The first-order chi connectivity index (χ1) is 7.38. The number of rotatable bonds is 4. The van der Waals surface area contributed by atoms with Crippen LogP contribution in [0.15, 0.2) is 16.8 Å². The third-order valence-corrected chi connectivity index (χ3v) is 2.90. The van der Waals surface area contributed by atoms with Gasteiger partial charge in [0.15, 0.2) is 0 Å². The van der Waals surface area contributed by atoms with E-state index in [0.717, 1.165) is 5.56 Å². The maximum absolute atomic E-state index is 11.6. The van der Waals surface area contributed by atoms with Crippen molar-refractivity contribution in [2.24, 2.45) is 0 Å². The van der Waals surface area contributed by atoms with Crippen molar-refractivity contribution < 1.29 is 4.79 Å². The van der Waals surface area contributed by atoms with Gasteiger partial charge >= 0.3 is 0 Å². The summed E-state index contributed by atoms with van der Waals surface area (Å²) in [5.41, 5.74) is 1.14. The molecule has 1 rings (SSSR count). The van der Waals surface area contributed by atoms with Crippen molar-refractivity contribution in [3.8, 4) is 0 Å². The zero-order valence-corrected chi connectivity index (χ0v) is 11.1. The van der Waals surface area contributed by atoms with E-state index in [1.54, 1.807) is 11.3 Å². The molecule has 0 aromatic carbocycles. The summed E-state index contributed by atoms with van der Waals surface area (Å²) < 4.78 is 0. The molecule has 90 valence electrons. The fourth-order valence-electron chi connectivity index (χ4n) is 1.24. The van der Waals surface area contributed by atoms with Crippen LogP contribution in [-0.4, -0.2) is 18.0 Å². The summed E-state index contributed by atoms with van der Waals surface area (Å²) in [6, 6.07) is 2.12. The predicted octanol–water partition coefficient (Wildman–Crippen LogP) is 2.31. The summed E-state index contributed by atoms with van der Waals surface area (Å²) in [5, 5.41) is 10.2. The molecule has 0 aliphatic heterocycles. The fourth-order valence-corrected chi connectivity index (χ4v) is 2.00.